The van der Waals surface area contributed by atoms with Gasteiger partial charge in [-0.25, -0.2) is 0 Å². The predicted molar refractivity (Wildman–Crippen MR) is 108 cm³/mol. The number of benzene rings is 2. The fourth-order valence-corrected chi connectivity index (χ4v) is 4.03. The number of carbonyl (C=O) groups excluding carboxylic acids is 2. The van der Waals surface area contributed by atoms with Crippen molar-refractivity contribution < 1.29 is 14.7 Å². The summed E-state index contributed by atoms with van der Waals surface area (Å²) < 4.78 is 0. The van der Waals surface area contributed by atoms with Crippen LogP contribution >= 0.6 is 23.2 Å². The number of piperazine rings is 1. The van der Waals surface area contributed by atoms with Crippen LogP contribution in [0.5, 0.6) is 0 Å². The molecule has 0 spiro atoms. The van der Waals surface area contributed by atoms with Crippen LogP contribution in [-0.2, 0) is 4.79 Å². The van der Waals surface area contributed by atoms with Gasteiger partial charge in [0.05, 0.1) is 12.0 Å². The molecule has 0 radical (unpaired) electrons. The number of hydrogen-bond donors (Lipinski definition) is 1. The molecule has 1 aliphatic heterocycles. The number of hydrogen-bond acceptors (Lipinski definition) is 3. The molecule has 2 fully saturated rings. The zero-order valence-electron chi connectivity index (χ0n) is 15.1. The molecule has 1 heterocycles. The Labute approximate surface area is 173 Å². The molecule has 1 saturated heterocycles. The van der Waals surface area contributed by atoms with E-state index in [1.54, 1.807) is 34.1 Å². The van der Waals surface area contributed by atoms with Crippen LogP contribution in [0, 0.1) is 5.92 Å². The summed E-state index contributed by atoms with van der Waals surface area (Å²) in [5.74, 6) is -0.286. The topological polar surface area (TPSA) is 60.9 Å². The summed E-state index contributed by atoms with van der Waals surface area (Å²) in [6, 6.07) is 12.7. The smallest absolute Gasteiger partial charge is 0.253 e. The zero-order chi connectivity index (χ0) is 19.8. The van der Waals surface area contributed by atoms with Crippen molar-refractivity contribution in [1.29, 1.82) is 0 Å². The second-order valence-electron chi connectivity index (χ2n) is 7.23. The van der Waals surface area contributed by atoms with E-state index in [0.29, 0.717) is 48.2 Å². The van der Waals surface area contributed by atoms with E-state index < -0.39 is 6.10 Å². The first kappa shape index (κ1) is 19.2. The maximum Gasteiger partial charge on any atom is 0.253 e. The van der Waals surface area contributed by atoms with Gasteiger partial charge in [0.25, 0.3) is 5.91 Å². The van der Waals surface area contributed by atoms with Gasteiger partial charge in [-0.2, -0.15) is 0 Å². The third-order valence-electron chi connectivity index (χ3n) is 5.33. The van der Waals surface area contributed by atoms with E-state index in [0.717, 1.165) is 11.1 Å². The SMILES string of the molecule is O=C(c1ccc(-c2ccc(Cl)cc2Cl)cc1)N1CCN(C(=O)C2CC2O)CC1. The number of nitrogens with zero attached hydrogens (tertiary/aromatic N) is 2. The highest BCUT2D eigenvalue weighted by Gasteiger charge is 2.44. The summed E-state index contributed by atoms with van der Waals surface area (Å²) in [6.07, 6.45) is 0.0712. The maximum absolute atomic E-state index is 12.8. The number of rotatable bonds is 3. The average Bonchev–Trinajstić information content (AvgIpc) is 3.44. The lowest BCUT2D eigenvalue weighted by Crippen LogP contribution is -2.51. The van der Waals surface area contributed by atoms with E-state index in [1.165, 1.54) is 0 Å². The molecule has 7 heteroatoms. The number of amides is 2. The molecule has 1 N–H and O–H groups in total. The molecule has 2 aromatic carbocycles. The molecule has 2 amide bonds. The first-order valence-corrected chi connectivity index (χ1v) is 10.0. The number of halogens is 2. The molecule has 4 rings (SSSR count). The molecule has 0 bridgehead atoms. The van der Waals surface area contributed by atoms with Crippen molar-refractivity contribution in [2.24, 2.45) is 5.92 Å². The largest absolute Gasteiger partial charge is 0.392 e. The Balaban J connectivity index is 1.39. The predicted octanol–water partition coefficient (Wildman–Crippen LogP) is 3.33. The summed E-state index contributed by atoms with van der Waals surface area (Å²) in [7, 11) is 0. The summed E-state index contributed by atoms with van der Waals surface area (Å²) in [4.78, 5) is 28.5. The van der Waals surface area contributed by atoms with Crippen LogP contribution in [0.2, 0.25) is 10.0 Å². The second kappa shape index (κ2) is 7.74. The Morgan fingerprint density at radius 1 is 0.929 bits per heavy atom. The zero-order valence-corrected chi connectivity index (χ0v) is 16.7. The molecule has 2 unspecified atom stereocenters. The summed E-state index contributed by atoms with van der Waals surface area (Å²) in [5, 5.41) is 10.6. The monoisotopic (exact) mass is 418 g/mol. The minimum Gasteiger partial charge on any atom is -0.392 e. The molecule has 28 heavy (non-hydrogen) atoms. The standard InChI is InChI=1S/C21H20Cl2N2O3/c22-15-5-6-16(18(23)11-15)13-1-3-14(4-2-13)20(27)24-7-9-25(10-8-24)21(28)17-12-19(17)26/h1-6,11,17,19,26H,7-10,12H2. The minimum absolute atomic E-state index is 0.00351. The van der Waals surface area contributed by atoms with E-state index in [4.69, 9.17) is 23.2 Å². The fraction of sp³-hybridized carbons (Fsp3) is 0.333. The normalized spacial score (nSPS) is 21.5. The molecule has 2 aliphatic rings. The Morgan fingerprint density at radius 2 is 1.54 bits per heavy atom. The van der Waals surface area contributed by atoms with Gasteiger partial charge in [0.1, 0.15) is 0 Å². The molecular formula is C21H20Cl2N2O3. The van der Waals surface area contributed by atoms with Crippen molar-refractivity contribution in [3.8, 4) is 11.1 Å². The van der Waals surface area contributed by atoms with Crippen LogP contribution in [0.1, 0.15) is 16.8 Å². The van der Waals surface area contributed by atoms with Crippen molar-refractivity contribution in [1.82, 2.24) is 9.80 Å². The summed E-state index contributed by atoms with van der Waals surface area (Å²) >= 11 is 12.2. The van der Waals surface area contributed by atoms with Gasteiger partial charge in [0, 0.05) is 47.4 Å². The van der Waals surface area contributed by atoms with Crippen molar-refractivity contribution in [2.45, 2.75) is 12.5 Å². The van der Waals surface area contributed by atoms with Crippen molar-refractivity contribution in [3.63, 3.8) is 0 Å². The molecule has 146 valence electrons. The lowest BCUT2D eigenvalue weighted by Gasteiger charge is -2.35. The Kier molecular flexibility index (Phi) is 5.32. The molecule has 1 saturated carbocycles. The fourth-order valence-electron chi connectivity index (χ4n) is 3.51. The maximum atomic E-state index is 12.8. The van der Waals surface area contributed by atoms with E-state index in [2.05, 4.69) is 0 Å². The third-order valence-corrected chi connectivity index (χ3v) is 5.87. The van der Waals surface area contributed by atoms with E-state index in [-0.39, 0.29) is 17.7 Å². The Hall–Kier alpha value is -2.08. The van der Waals surface area contributed by atoms with Gasteiger partial charge >= 0.3 is 0 Å². The first-order chi connectivity index (χ1) is 13.4. The van der Waals surface area contributed by atoms with E-state index in [9.17, 15) is 14.7 Å². The molecule has 2 aromatic rings. The summed E-state index contributed by atoms with van der Waals surface area (Å²) in [5.41, 5.74) is 2.38. The average molecular weight is 419 g/mol. The Bertz CT molecular complexity index is 908. The van der Waals surface area contributed by atoms with Crippen LogP contribution in [0.15, 0.2) is 42.5 Å². The van der Waals surface area contributed by atoms with Crippen LogP contribution in [-0.4, -0.2) is 59.0 Å². The van der Waals surface area contributed by atoms with Crippen LogP contribution < -0.4 is 0 Å². The first-order valence-electron chi connectivity index (χ1n) is 9.25. The minimum atomic E-state index is -0.486. The van der Waals surface area contributed by atoms with Crippen LogP contribution in [0.4, 0.5) is 0 Å². The van der Waals surface area contributed by atoms with Gasteiger partial charge < -0.3 is 14.9 Å². The molecule has 2 atom stereocenters. The quantitative estimate of drug-likeness (QED) is 0.831. The highest BCUT2D eigenvalue weighted by atomic mass is 35.5. The van der Waals surface area contributed by atoms with Crippen molar-refractivity contribution >= 4 is 35.0 Å². The molecule has 0 aromatic heterocycles. The number of aliphatic hydroxyl groups is 1. The van der Waals surface area contributed by atoms with Gasteiger partial charge in [0.15, 0.2) is 0 Å². The van der Waals surface area contributed by atoms with Gasteiger partial charge in [-0.1, -0.05) is 41.4 Å². The highest BCUT2D eigenvalue weighted by molar-refractivity contribution is 6.36. The van der Waals surface area contributed by atoms with Gasteiger partial charge in [-0.3, -0.25) is 9.59 Å². The van der Waals surface area contributed by atoms with Gasteiger partial charge in [0.2, 0.25) is 5.91 Å². The second-order valence-corrected chi connectivity index (χ2v) is 8.07. The van der Waals surface area contributed by atoms with Gasteiger partial charge in [-0.15, -0.1) is 0 Å². The highest BCUT2D eigenvalue weighted by Crippen LogP contribution is 2.32. The van der Waals surface area contributed by atoms with Crippen LogP contribution in [0.25, 0.3) is 11.1 Å². The van der Waals surface area contributed by atoms with Crippen molar-refractivity contribution in [2.75, 3.05) is 26.2 Å². The molecule has 5 nitrogen and oxygen atoms in total. The van der Waals surface area contributed by atoms with E-state index >= 15 is 0 Å². The molecule has 1 aliphatic carbocycles. The third kappa shape index (κ3) is 3.88. The number of aliphatic hydroxyl groups excluding tert-OH is 1. The molecular weight excluding hydrogens is 399 g/mol. The summed E-state index contributed by atoms with van der Waals surface area (Å²) in [6.45, 7) is 2.01. The Morgan fingerprint density at radius 3 is 2.11 bits per heavy atom. The van der Waals surface area contributed by atoms with Gasteiger partial charge in [-0.05, 0) is 36.2 Å². The lowest BCUT2D eigenvalue weighted by molar-refractivity contribution is -0.134. The lowest BCUT2D eigenvalue weighted by atomic mass is 10.0. The van der Waals surface area contributed by atoms with Crippen LogP contribution in [0.3, 0.4) is 0 Å². The van der Waals surface area contributed by atoms with E-state index in [1.807, 2.05) is 18.2 Å². The number of carbonyl (C=O) groups is 2. The van der Waals surface area contributed by atoms with Crippen molar-refractivity contribution in [3.05, 3.63) is 58.1 Å².